The first kappa shape index (κ1) is 18.6. The van der Waals surface area contributed by atoms with Crippen molar-refractivity contribution < 1.29 is 17.6 Å². The number of thioether (sulfide) groups is 1. The Morgan fingerprint density at radius 2 is 1.93 bits per heavy atom. The summed E-state index contributed by atoms with van der Waals surface area (Å²) >= 11 is 1.29. The van der Waals surface area contributed by atoms with Crippen molar-refractivity contribution in [1.29, 1.82) is 0 Å². The molecule has 9 heteroatoms. The minimum atomic E-state index is -3.52. The molecule has 1 atom stereocenters. The standard InChI is InChI=1S/C18H21N3O4S2/c22-15-8-5-9-16(15)26-18-20-19-17(25-18)13-6-4-7-14(12-13)27(23,24)21-10-2-1-3-11-21/h4,6-7,12,16H,1-3,5,8-11H2. The van der Waals surface area contributed by atoms with Gasteiger partial charge in [-0.2, -0.15) is 4.31 Å². The molecule has 7 nitrogen and oxygen atoms in total. The highest BCUT2D eigenvalue weighted by Crippen LogP contribution is 2.33. The van der Waals surface area contributed by atoms with Gasteiger partial charge in [-0.15, -0.1) is 10.2 Å². The number of Topliss-reactive ketones (excluding diaryl/α,β-unsaturated/α-hetero) is 1. The zero-order valence-electron chi connectivity index (χ0n) is 14.8. The summed E-state index contributed by atoms with van der Waals surface area (Å²) in [5, 5.41) is 8.26. The summed E-state index contributed by atoms with van der Waals surface area (Å²) in [7, 11) is -3.52. The molecular weight excluding hydrogens is 386 g/mol. The van der Waals surface area contributed by atoms with Crippen LogP contribution < -0.4 is 0 Å². The summed E-state index contributed by atoms with van der Waals surface area (Å²) in [6.45, 7) is 1.12. The normalized spacial score (nSPS) is 21.6. The lowest BCUT2D eigenvalue weighted by Crippen LogP contribution is -2.35. The number of benzene rings is 1. The molecule has 1 aliphatic heterocycles. The van der Waals surface area contributed by atoms with Crippen molar-refractivity contribution in [2.24, 2.45) is 0 Å². The summed E-state index contributed by atoms with van der Waals surface area (Å²) in [6.07, 6.45) is 5.18. The van der Waals surface area contributed by atoms with Crippen molar-refractivity contribution >= 4 is 27.6 Å². The highest BCUT2D eigenvalue weighted by Gasteiger charge is 2.28. The van der Waals surface area contributed by atoms with Crippen molar-refractivity contribution in [2.45, 2.75) is 53.9 Å². The predicted molar refractivity (Wildman–Crippen MR) is 101 cm³/mol. The van der Waals surface area contributed by atoms with Crippen LogP contribution in [0.25, 0.3) is 11.5 Å². The Morgan fingerprint density at radius 3 is 2.67 bits per heavy atom. The number of hydrogen-bond donors (Lipinski definition) is 0. The van der Waals surface area contributed by atoms with Gasteiger partial charge in [-0.05, 0) is 43.9 Å². The van der Waals surface area contributed by atoms with E-state index in [1.165, 1.54) is 16.1 Å². The van der Waals surface area contributed by atoms with E-state index in [9.17, 15) is 13.2 Å². The van der Waals surface area contributed by atoms with E-state index in [4.69, 9.17) is 4.42 Å². The Bertz CT molecular complexity index is 936. The third kappa shape index (κ3) is 3.95. The molecule has 0 amide bonds. The van der Waals surface area contributed by atoms with E-state index < -0.39 is 10.0 Å². The molecule has 144 valence electrons. The highest BCUT2D eigenvalue weighted by molar-refractivity contribution is 8.00. The van der Waals surface area contributed by atoms with E-state index >= 15 is 0 Å². The number of piperidine rings is 1. The van der Waals surface area contributed by atoms with Gasteiger partial charge in [0.05, 0.1) is 10.1 Å². The minimum Gasteiger partial charge on any atom is -0.411 e. The SMILES string of the molecule is O=C1CCCC1Sc1nnc(-c2cccc(S(=O)(=O)N3CCCCC3)c2)o1. The van der Waals surface area contributed by atoms with Crippen LogP contribution in [0, 0.1) is 0 Å². The Morgan fingerprint density at radius 1 is 1.11 bits per heavy atom. The van der Waals surface area contributed by atoms with Crippen LogP contribution in [0.3, 0.4) is 0 Å². The summed E-state index contributed by atoms with van der Waals surface area (Å²) < 4.78 is 32.9. The molecule has 1 saturated carbocycles. The summed E-state index contributed by atoms with van der Waals surface area (Å²) in [4.78, 5) is 12.0. The molecule has 2 fully saturated rings. The van der Waals surface area contributed by atoms with Crippen LogP contribution in [0.2, 0.25) is 0 Å². The van der Waals surface area contributed by atoms with Crippen LogP contribution in [0.1, 0.15) is 38.5 Å². The second kappa shape index (κ2) is 7.73. The van der Waals surface area contributed by atoms with Crippen LogP contribution in [0.5, 0.6) is 0 Å². The number of carbonyl (C=O) groups excluding carboxylic acids is 1. The number of hydrogen-bond acceptors (Lipinski definition) is 7. The first-order valence-corrected chi connectivity index (χ1v) is 11.5. The third-order valence-corrected chi connectivity index (χ3v) is 7.98. The lowest BCUT2D eigenvalue weighted by atomic mass is 10.2. The lowest BCUT2D eigenvalue weighted by Gasteiger charge is -2.25. The van der Waals surface area contributed by atoms with E-state index in [1.54, 1.807) is 24.3 Å². The summed E-state index contributed by atoms with van der Waals surface area (Å²) in [6, 6.07) is 6.60. The largest absolute Gasteiger partial charge is 0.411 e. The van der Waals surface area contributed by atoms with Gasteiger partial charge < -0.3 is 4.42 Å². The van der Waals surface area contributed by atoms with Gasteiger partial charge in [0.25, 0.3) is 5.22 Å². The molecule has 0 N–H and O–H groups in total. The molecule has 1 unspecified atom stereocenters. The minimum absolute atomic E-state index is 0.121. The second-order valence-corrected chi connectivity index (χ2v) is 9.92. The Kier molecular flexibility index (Phi) is 5.34. The fourth-order valence-electron chi connectivity index (χ4n) is 3.45. The first-order chi connectivity index (χ1) is 13.0. The van der Waals surface area contributed by atoms with Gasteiger partial charge in [0, 0.05) is 25.1 Å². The van der Waals surface area contributed by atoms with Crippen LogP contribution in [0.15, 0.2) is 38.8 Å². The average molecular weight is 408 g/mol. The smallest absolute Gasteiger partial charge is 0.277 e. The molecule has 4 rings (SSSR count). The maximum absolute atomic E-state index is 12.9. The summed E-state index contributed by atoms with van der Waals surface area (Å²) in [5.74, 6) is 0.480. The molecule has 1 aromatic heterocycles. The van der Waals surface area contributed by atoms with Gasteiger partial charge >= 0.3 is 0 Å². The molecule has 0 radical (unpaired) electrons. The van der Waals surface area contributed by atoms with Crippen LogP contribution in [-0.4, -0.2) is 47.0 Å². The predicted octanol–water partition coefficient (Wildman–Crippen LogP) is 3.12. The quantitative estimate of drug-likeness (QED) is 0.752. The maximum atomic E-state index is 12.9. The van der Waals surface area contributed by atoms with Gasteiger partial charge in [0.1, 0.15) is 5.78 Å². The maximum Gasteiger partial charge on any atom is 0.277 e. The number of nitrogens with zero attached hydrogens (tertiary/aromatic N) is 3. The van der Waals surface area contributed by atoms with Crippen LogP contribution in [-0.2, 0) is 14.8 Å². The fourth-order valence-corrected chi connectivity index (χ4v) is 6.00. The average Bonchev–Trinajstić information content (AvgIpc) is 3.32. The van der Waals surface area contributed by atoms with Crippen molar-refractivity contribution in [2.75, 3.05) is 13.1 Å². The Balaban J connectivity index is 1.55. The van der Waals surface area contributed by atoms with Gasteiger partial charge in [0.2, 0.25) is 15.9 Å². The van der Waals surface area contributed by atoms with Gasteiger partial charge in [-0.1, -0.05) is 24.2 Å². The zero-order chi connectivity index (χ0) is 18.9. The lowest BCUT2D eigenvalue weighted by molar-refractivity contribution is -0.116. The topological polar surface area (TPSA) is 93.4 Å². The molecule has 0 spiro atoms. The Hall–Kier alpha value is -1.71. The molecule has 2 aliphatic rings. The van der Waals surface area contributed by atoms with E-state index in [1.807, 2.05) is 0 Å². The molecule has 1 aromatic carbocycles. The number of ketones is 1. The van der Waals surface area contributed by atoms with E-state index in [0.29, 0.717) is 30.3 Å². The van der Waals surface area contributed by atoms with Crippen LogP contribution in [0.4, 0.5) is 0 Å². The number of sulfonamides is 1. The van der Waals surface area contributed by atoms with Crippen molar-refractivity contribution in [1.82, 2.24) is 14.5 Å². The Labute approximate surface area is 162 Å². The number of carbonyl (C=O) groups is 1. The van der Waals surface area contributed by atoms with Crippen molar-refractivity contribution in [3.8, 4) is 11.5 Å². The van der Waals surface area contributed by atoms with E-state index in [0.717, 1.165) is 32.1 Å². The van der Waals surface area contributed by atoms with Crippen LogP contribution >= 0.6 is 11.8 Å². The monoisotopic (exact) mass is 407 g/mol. The van der Waals surface area contributed by atoms with Gasteiger partial charge in [-0.3, -0.25) is 4.79 Å². The second-order valence-electron chi connectivity index (χ2n) is 6.83. The van der Waals surface area contributed by atoms with E-state index in [-0.39, 0.29) is 21.8 Å². The molecule has 2 heterocycles. The zero-order valence-corrected chi connectivity index (χ0v) is 16.5. The van der Waals surface area contributed by atoms with Crippen molar-refractivity contribution in [3.63, 3.8) is 0 Å². The third-order valence-electron chi connectivity index (χ3n) is 4.93. The molecule has 1 saturated heterocycles. The molecule has 1 aliphatic carbocycles. The number of rotatable bonds is 5. The molecule has 27 heavy (non-hydrogen) atoms. The molecule has 2 aromatic rings. The van der Waals surface area contributed by atoms with Crippen molar-refractivity contribution in [3.05, 3.63) is 24.3 Å². The van der Waals surface area contributed by atoms with Gasteiger partial charge in [-0.25, -0.2) is 8.42 Å². The number of aromatic nitrogens is 2. The molecule has 0 bridgehead atoms. The fraction of sp³-hybridized carbons (Fsp3) is 0.500. The summed E-state index contributed by atoms with van der Waals surface area (Å²) in [5.41, 5.74) is 0.560. The van der Waals surface area contributed by atoms with Gasteiger partial charge in [0.15, 0.2) is 0 Å². The highest BCUT2D eigenvalue weighted by atomic mass is 32.2. The first-order valence-electron chi connectivity index (χ1n) is 9.17. The van der Waals surface area contributed by atoms with E-state index in [2.05, 4.69) is 10.2 Å². The molecular formula is C18H21N3O4S2.